The second-order valence-electron chi connectivity index (χ2n) is 2.77. The number of ether oxygens (including phenoxy) is 1. The van der Waals surface area contributed by atoms with Crippen LogP contribution >= 0.6 is 11.5 Å². The van der Waals surface area contributed by atoms with Gasteiger partial charge < -0.3 is 10.1 Å². The predicted octanol–water partition coefficient (Wildman–Crippen LogP) is 1.08. The van der Waals surface area contributed by atoms with Gasteiger partial charge in [0.15, 0.2) is 0 Å². The van der Waals surface area contributed by atoms with Crippen LogP contribution < -0.4 is 5.32 Å². The number of anilines is 1. The first-order valence-electron chi connectivity index (χ1n) is 3.99. The molecule has 12 heavy (non-hydrogen) atoms. The Labute approximate surface area is 75.1 Å². The molecule has 5 heteroatoms. The summed E-state index contributed by atoms with van der Waals surface area (Å²) in [6.07, 6.45) is 1.06. The lowest BCUT2D eigenvalue weighted by Gasteiger charge is -1.98. The van der Waals surface area contributed by atoms with Crippen molar-refractivity contribution in [3.05, 3.63) is 5.82 Å². The summed E-state index contributed by atoms with van der Waals surface area (Å²) in [5.74, 6) is 1.35. The molecule has 0 spiro atoms. The zero-order valence-corrected chi connectivity index (χ0v) is 7.73. The predicted molar refractivity (Wildman–Crippen MR) is 47.6 cm³/mol. The second-order valence-corrected chi connectivity index (χ2v) is 3.52. The van der Waals surface area contributed by atoms with Crippen LogP contribution in [0.15, 0.2) is 0 Å². The number of nitrogens with zero attached hydrogens (tertiary/aromatic N) is 2. The minimum absolute atomic E-state index is 0.420. The van der Waals surface area contributed by atoms with E-state index >= 15 is 0 Å². The van der Waals surface area contributed by atoms with E-state index in [4.69, 9.17) is 4.74 Å². The van der Waals surface area contributed by atoms with Crippen LogP contribution in [0.4, 0.5) is 5.13 Å². The van der Waals surface area contributed by atoms with E-state index in [1.54, 1.807) is 0 Å². The Morgan fingerprint density at radius 3 is 3.17 bits per heavy atom. The molecule has 0 bridgehead atoms. The normalized spacial score (nSPS) is 22.9. The maximum absolute atomic E-state index is 5.26. The fraction of sp³-hybridized carbons (Fsp3) is 0.714. The molecule has 0 amide bonds. The summed E-state index contributed by atoms with van der Waals surface area (Å²) in [5.41, 5.74) is 0. The highest BCUT2D eigenvalue weighted by atomic mass is 32.1. The summed E-state index contributed by atoms with van der Waals surface area (Å²) in [7, 11) is 1.86. The molecule has 1 saturated heterocycles. The van der Waals surface area contributed by atoms with Crippen LogP contribution in [0.3, 0.4) is 0 Å². The summed E-state index contributed by atoms with van der Waals surface area (Å²) < 4.78 is 9.52. The summed E-state index contributed by atoms with van der Waals surface area (Å²) in [6.45, 7) is 1.62. The highest BCUT2D eigenvalue weighted by molar-refractivity contribution is 7.09. The summed E-state index contributed by atoms with van der Waals surface area (Å²) in [6, 6.07) is 0. The van der Waals surface area contributed by atoms with Crippen molar-refractivity contribution in [2.24, 2.45) is 0 Å². The van der Waals surface area contributed by atoms with Crippen molar-refractivity contribution in [1.29, 1.82) is 0 Å². The fourth-order valence-electron chi connectivity index (χ4n) is 1.24. The Morgan fingerprint density at radius 1 is 1.67 bits per heavy atom. The zero-order chi connectivity index (χ0) is 8.39. The van der Waals surface area contributed by atoms with E-state index in [2.05, 4.69) is 14.7 Å². The highest BCUT2D eigenvalue weighted by Crippen LogP contribution is 2.24. The van der Waals surface area contributed by atoms with Gasteiger partial charge in [-0.1, -0.05) is 0 Å². The van der Waals surface area contributed by atoms with E-state index in [1.807, 2.05) is 7.05 Å². The van der Waals surface area contributed by atoms with Crippen LogP contribution in [-0.4, -0.2) is 29.6 Å². The highest BCUT2D eigenvalue weighted by Gasteiger charge is 2.21. The molecule has 0 radical (unpaired) electrons. The Kier molecular flexibility index (Phi) is 2.23. The molecule has 1 aliphatic rings. The van der Waals surface area contributed by atoms with Crippen molar-refractivity contribution in [1.82, 2.24) is 9.36 Å². The molecule has 1 aromatic heterocycles. The monoisotopic (exact) mass is 185 g/mol. The van der Waals surface area contributed by atoms with Gasteiger partial charge >= 0.3 is 0 Å². The minimum atomic E-state index is 0.420. The van der Waals surface area contributed by atoms with Gasteiger partial charge in [0.05, 0.1) is 6.61 Å². The quantitative estimate of drug-likeness (QED) is 0.749. The molecule has 2 heterocycles. The van der Waals surface area contributed by atoms with Gasteiger partial charge in [-0.25, -0.2) is 4.98 Å². The van der Waals surface area contributed by atoms with Crippen molar-refractivity contribution in [2.75, 3.05) is 25.6 Å². The lowest BCUT2D eigenvalue weighted by molar-refractivity contribution is 0.193. The van der Waals surface area contributed by atoms with Gasteiger partial charge in [0.2, 0.25) is 5.13 Å². The summed E-state index contributed by atoms with van der Waals surface area (Å²) in [5, 5.41) is 3.86. The smallest absolute Gasteiger partial charge is 0.202 e. The van der Waals surface area contributed by atoms with Gasteiger partial charge in [-0.3, -0.25) is 0 Å². The van der Waals surface area contributed by atoms with Crippen LogP contribution in [0.2, 0.25) is 0 Å². The SMILES string of the molecule is CNc1nc(C2CCOC2)ns1. The molecule has 1 unspecified atom stereocenters. The molecular formula is C7H11N3OS. The van der Waals surface area contributed by atoms with Gasteiger partial charge in [-0.2, -0.15) is 4.37 Å². The van der Waals surface area contributed by atoms with Crippen LogP contribution in [0.1, 0.15) is 18.2 Å². The molecule has 0 saturated carbocycles. The molecule has 66 valence electrons. The van der Waals surface area contributed by atoms with E-state index < -0.39 is 0 Å². The van der Waals surface area contributed by atoms with Crippen LogP contribution in [0.25, 0.3) is 0 Å². The van der Waals surface area contributed by atoms with Crippen LogP contribution in [-0.2, 0) is 4.74 Å². The molecule has 1 N–H and O–H groups in total. The zero-order valence-electron chi connectivity index (χ0n) is 6.91. The number of nitrogens with one attached hydrogen (secondary N) is 1. The third-order valence-electron chi connectivity index (χ3n) is 1.95. The average Bonchev–Trinajstić information content (AvgIpc) is 2.75. The molecule has 1 fully saturated rings. The van der Waals surface area contributed by atoms with Gasteiger partial charge in [0.1, 0.15) is 5.82 Å². The van der Waals surface area contributed by atoms with Gasteiger partial charge in [-0.15, -0.1) is 0 Å². The lowest BCUT2D eigenvalue weighted by atomic mass is 10.1. The maximum Gasteiger partial charge on any atom is 0.202 e. The number of hydrogen-bond acceptors (Lipinski definition) is 5. The number of aromatic nitrogens is 2. The van der Waals surface area contributed by atoms with Crippen molar-refractivity contribution < 1.29 is 4.74 Å². The molecule has 4 nitrogen and oxygen atoms in total. The Morgan fingerprint density at radius 2 is 2.58 bits per heavy atom. The fourth-order valence-corrected chi connectivity index (χ4v) is 1.84. The standard InChI is InChI=1S/C7H11N3OS/c1-8-7-9-6(10-12-7)5-2-3-11-4-5/h5H,2-4H2,1H3,(H,8,9,10). The first-order valence-corrected chi connectivity index (χ1v) is 4.76. The minimum Gasteiger partial charge on any atom is -0.381 e. The third kappa shape index (κ3) is 1.42. The largest absolute Gasteiger partial charge is 0.381 e. The maximum atomic E-state index is 5.26. The van der Waals surface area contributed by atoms with E-state index in [0.29, 0.717) is 5.92 Å². The molecule has 0 aliphatic carbocycles. The van der Waals surface area contributed by atoms with Gasteiger partial charge in [0.25, 0.3) is 0 Å². The Hall–Kier alpha value is -0.680. The molecule has 1 aliphatic heterocycles. The summed E-state index contributed by atoms with van der Waals surface area (Å²) >= 11 is 1.41. The van der Waals surface area contributed by atoms with Gasteiger partial charge in [0, 0.05) is 31.1 Å². The van der Waals surface area contributed by atoms with Crippen molar-refractivity contribution >= 4 is 16.7 Å². The van der Waals surface area contributed by atoms with E-state index in [0.717, 1.165) is 30.6 Å². The Bertz CT molecular complexity index is 257. The van der Waals surface area contributed by atoms with Crippen LogP contribution in [0.5, 0.6) is 0 Å². The third-order valence-corrected chi connectivity index (χ3v) is 2.70. The Balaban J connectivity index is 2.11. The van der Waals surface area contributed by atoms with E-state index in [1.165, 1.54) is 11.5 Å². The van der Waals surface area contributed by atoms with Gasteiger partial charge in [-0.05, 0) is 6.42 Å². The first-order chi connectivity index (χ1) is 5.90. The van der Waals surface area contributed by atoms with Crippen molar-refractivity contribution in [2.45, 2.75) is 12.3 Å². The topological polar surface area (TPSA) is 47.0 Å². The van der Waals surface area contributed by atoms with E-state index in [-0.39, 0.29) is 0 Å². The van der Waals surface area contributed by atoms with Crippen LogP contribution in [0, 0.1) is 0 Å². The molecule has 1 atom stereocenters. The van der Waals surface area contributed by atoms with Crippen molar-refractivity contribution in [3.63, 3.8) is 0 Å². The molecular weight excluding hydrogens is 174 g/mol. The molecule has 1 aromatic rings. The molecule has 0 aromatic carbocycles. The van der Waals surface area contributed by atoms with E-state index in [9.17, 15) is 0 Å². The van der Waals surface area contributed by atoms with Crippen molar-refractivity contribution in [3.8, 4) is 0 Å². The lowest BCUT2D eigenvalue weighted by Crippen LogP contribution is -1.99. The number of hydrogen-bond donors (Lipinski definition) is 1. The first kappa shape index (κ1) is 7.94. The molecule has 2 rings (SSSR count). The second kappa shape index (κ2) is 3.37. The average molecular weight is 185 g/mol. The summed E-state index contributed by atoms with van der Waals surface area (Å²) in [4.78, 5) is 4.33. The number of rotatable bonds is 2.